The van der Waals surface area contributed by atoms with Crippen molar-refractivity contribution in [3.63, 3.8) is 0 Å². The summed E-state index contributed by atoms with van der Waals surface area (Å²) >= 11 is 0. The zero-order valence-electron chi connectivity index (χ0n) is 10.1. The predicted octanol–water partition coefficient (Wildman–Crippen LogP) is 2.12. The minimum absolute atomic E-state index is 0.182. The van der Waals surface area contributed by atoms with Crippen LogP contribution in [0.5, 0.6) is 0 Å². The van der Waals surface area contributed by atoms with E-state index < -0.39 is 29.9 Å². The van der Waals surface area contributed by atoms with Gasteiger partial charge in [-0.25, -0.2) is 8.78 Å². The summed E-state index contributed by atoms with van der Waals surface area (Å²) in [6.45, 7) is -1.64. The highest BCUT2D eigenvalue weighted by Gasteiger charge is 2.40. The molecule has 0 saturated carbocycles. The van der Waals surface area contributed by atoms with E-state index in [9.17, 15) is 32.8 Å². The Morgan fingerprint density at radius 3 is 2.30 bits per heavy atom. The number of non-ortho nitro benzene ring substituents is 1. The van der Waals surface area contributed by atoms with Crippen LogP contribution >= 0.6 is 0 Å². The first-order valence-electron chi connectivity index (χ1n) is 5.53. The van der Waals surface area contributed by atoms with E-state index in [1.54, 1.807) is 0 Å². The molecule has 0 aliphatic rings. The number of halogens is 4. The van der Waals surface area contributed by atoms with E-state index in [1.165, 1.54) is 12.1 Å². The second-order valence-corrected chi connectivity index (χ2v) is 4.06. The van der Waals surface area contributed by atoms with Crippen LogP contribution in [-0.4, -0.2) is 35.5 Å². The molecule has 0 amide bonds. The lowest BCUT2D eigenvalue weighted by Gasteiger charge is -2.17. The van der Waals surface area contributed by atoms with Crippen molar-refractivity contribution in [1.82, 2.24) is 5.32 Å². The van der Waals surface area contributed by atoms with Crippen molar-refractivity contribution in [2.75, 3.05) is 13.1 Å². The van der Waals surface area contributed by atoms with E-state index in [2.05, 4.69) is 0 Å². The van der Waals surface area contributed by atoms with Crippen LogP contribution in [0.2, 0.25) is 0 Å². The molecule has 0 bridgehead atoms. The lowest BCUT2D eigenvalue weighted by molar-refractivity contribution is -0.384. The molecule has 0 heterocycles. The van der Waals surface area contributed by atoms with Gasteiger partial charge in [-0.1, -0.05) is 0 Å². The molecular formula is C11H12F4N2O3. The first-order chi connectivity index (χ1) is 9.24. The Kier molecular flexibility index (Phi) is 5.40. The summed E-state index contributed by atoms with van der Waals surface area (Å²) in [5.74, 6) is -4.17. The Hall–Kier alpha value is -1.74. The number of aliphatic hydroxyl groups is 1. The van der Waals surface area contributed by atoms with Gasteiger partial charge in [0.2, 0.25) is 0 Å². The number of hydrogen-bond donors (Lipinski definition) is 2. The molecule has 1 aromatic rings. The molecule has 0 aromatic heterocycles. The number of rotatable bonds is 7. The SMILES string of the molecule is O=[N+]([O-])c1ccc(C(O)CNCC(F)(F)C(F)F)cc1. The summed E-state index contributed by atoms with van der Waals surface area (Å²) in [7, 11) is 0. The van der Waals surface area contributed by atoms with Gasteiger partial charge in [-0.3, -0.25) is 10.1 Å². The standard InChI is InChI=1S/C11H12F4N2O3/c12-10(13)11(14,15)6-16-5-9(18)7-1-3-8(4-2-7)17(19)20/h1-4,9-10,16,18H,5-6H2. The lowest BCUT2D eigenvalue weighted by atomic mass is 10.1. The Balaban J connectivity index is 2.51. The van der Waals surface area contributed by atoms with Crippen LogP contribution in [0, 0.1) is 10.1 Å². The van der Waals surface area contributed by atoms with E-state index in [4.69, 9.17) is 0 Å². The highest BCUT2D eigenvalue weighted by atomic mass is 19.3. The topological polar surface area (TPSA) is 75.4 Å². The maximum absolute atomic E-state index is 12.6. The fourth-order valence-corrected chi connectivity index (χ4v) is 1.39. The molecule has 0 aliphatic carbocycles. The summed E-state index contributed by atoms with van der Waals surface area (Å²) in [5.41, 5.74) is 0.0709. The summed E-state index contributed by atoms with van der Waals surface area (Å²) in [6, 6.07) is 4.81. The van der Waals surface area contributed by atoms with Gasteiger partial charge in [0, 0.05) is 18.7 Å². The molecular weight excluding hydrogens is 284 g/mol. The first-order valence-corrected chi connectivity index (χ1v) is 5.53. The van der Waals surface area contributed by atoms with Gasteiger partial charge in [0.25, 0.3) is 5.69 Å². The van der Waals surface area contributed by atoms with Crippen molar-refractivity contribution in [1.29, 1.82) is 0 Å². The first kappa shape index (κ1) is 16.3. The van der Waals surface area contributed by atoms with Crippen molar-refractivity contribution >= 4 is 5.69 Å². The molecule has 0 saturated heterocycles. The van der Waals surface area contributed by atoms with Crippen LogP contribution in [0.25, 0.3) is 0 Å². The zero-order valence-corrected chi connectivity index (χ0v) is 10.1. The van der Waals surface area contributed by atoms with Crippen molar-refractivity contribution in [3.8, 4) is 0 Å². The van der Waals surface area contributed by atoms with Crippen LogP contribution in [0.15, 0.2) is 24.3 Å². The smallest absolute Gasteiger partial charge is 0.319 e. The Morgan fingerprint density at radius 2 is 1.85 bits per heavy atom. The summed E-state index contributed by atoms with van der Waals surface area (Å²) < 4.78 is 48.9. The molecule has 9 heteroatoms. The Bertz CT molecular complexity index is 453. The van der Waals surface area contributed by atoms with E-state index >= 15 is 0 Å². The number of nitrogens with zero attached hydrogens (tertiary/aromatic N) is 1. The van der Waals surface area contributed by atoms with Gasteiger partial charge >= 0.3 is 12.3 Å². The minimum atomic E-state index is -4.17. The van der Waals surface area contributed by atoms with Gasteiger partial charge in [0.1, 0.15) is 0 Å². The average molecular weight is 296 g/mol. The van der Waals surface area contributed by atoms with Gasteiger partial charge in [-0.2, -0.15) is 8.78 Å². The number of hydrogen-bond acceptors (Lipinski definition) is 4. The molecule has 2 N–H and O–H groups in total. The molecule has 1 aromatic carbocycles. The Morgan fingerprint density at radius 1 is 1.30 bits per heavy atom. The lowest BCUT2D eigenvalue weighted by Crippen LogP contribution is -2.40. The van der Waals surface area contributed by atoms with Gasteiger partial charge in [0.05, 0.1) is 17.6 Å². The third-order valence-electron chi connectivity index (χ3n) is 2.51. The third kappa shape index (κ3) is 4.42. The zero-order chi connectivity index (χ0) is 15.3. The van der Waals surface area contributed by atoms with Crippen molar-refractivity contribution in [3.05, 3.63) is 39.9 Å². The monoisotopic (exact) mass is 296 g/mol. The minimum Gasteiger partial charge on any atom is -0.387 e. The fraction of sp³-hybridized carbons (Fsp3) is 0.455. The molecule has 20 heavy (non-hydrogen) atoms. The molecule has 1 unspecified atom stereocenters. The highest BCUT2D eigenvalue weighted by Crippen LogP contribution is 2.22. The van der Waals surface area contributed by atoms with Gasteiger partial charge in [-0.15, -0.1) is 0 Å². The molecule has 5 nitrogen and oxygen atoms in total. The molecule has 0 radical (unpaired) electrons. The maximum Gasteiger partial charge on any atom is 0.319 e. The van der Waals surface area contributed by atoms with Crippen LogP contribution in [-0.2, 0) is 0 Å². The second kappa shape index (κ2) is 6.62. The molecule has 0 aliphatic heterocycles. The van der Waals surface area contributed by atoms with Crippen molar-refractivity contribution < 1.29 is 27.6 Å². The summed E-state index contributed by atoms with van der Waals surface area (Å²) in [6.07, 6.45) is -5.02. The molecule has 112 valence electrons. The second-order valence-electron chi connectivity index (χ2n) is 4.06. The largest absolute Gasteiger partial charge is 0.387 e. The predicted molar refractivity (Wildman–Crippen MR) is 61.9 cm³/mol. The number of nitro groups is 1. The molecule has 1 atom stereocenters. The van der Waals surface area contributed by atoms with E-state index in [0.29, 0.717) is 0 Å². The number of aliphatic hydroxyl groups excluding tert-OH is 1. The van der Waals surface area contributed by atoms with E-state index in [0.717, 1.165) is 12.1 Å². The summed E-state index contributed by atoms with van der Waals surface area (Å²) in [4.78, 5) is 9.78. The normalized spacial score (nSPS) is 13.5. The quantitative estimate of drug-likeness (QED) is 0.459. The Labute approximate surface area is 111 Å². The molecule has 0 fully saturated rings. The van der Waals surface area contributed by atoms with Crippen LogP contribution in [0.1, 0.15) is 11.7 Å². The number of nitro benzene ring substituents is 1. The van der Waals surface area contributed by atoms with E-state index in [-0.39, 0.29) is 17.8 Å². The van der Waals surface area contributed by atoms with Gasteiger partial charge in [0.15, 0.2) is 0 Å². The number of nitrogens with one attached hydrogen (secondary N) is 1. The average Bonchev–Trinajstić information content (AvgIpc) is 2.38. The van der Waals surface area contributed by atoms with E-state index in [1.807, 2.05) is 5.32 Å². The van der Waals surface area contributed by atoms with Crippen molar-refractivity contribution in [2.24, 2.45) is 0 Å². The highest BCUT2D eigenvalue weighted by molar-refractivity contribution is 5.33. The number of benzene rings is 1. The third-order valence-corrected chi connectivity index (χ3v) is 2.51. The number of alkyl halides is 4. The van der Waals surface area contributed by atoms with Crippen LogP contribution in [0.3, 0.4) is 0 Å². The van der Waals surface area contributed by atoms with Crippen molar-refractivity contribution in [2.45, 2.75) is 18.5 Å². The molecule has 1 rings (SSSR count). The van der Waals surface area contributed by atoms with Crippen LogP contribution in [0.4, 0.5) is 23.2 Å². The van der Waals surface area contributed by atoms with Gasteiger partial charge in [-0.05, 0) is 17.7 Å². The van der Waals surface area contributed by atoms with Gasteiger partial charge < -0.3 is 10.4 Å². The fourth-order valence-electron chi connectivity index (χ4n) is 1.39. The molecule has 0 spiro atoms. The maximum atomic E-state index is 12.6. The van der Waals surface area contributed by atoms with Crippen LogP contribution < -0.4 is 5.32 Å². The summed E-state index contributed by atoms with van der Waals surface area (Å²) in [5, 5.41) is 22.1.